The van der Waals surface area contributed by atoms with E-state index < -0.39 is 6.16 Å². The van der Waals surface area contributed by atoms with E-state index >= 15 is 0 Å². The zero-order chi connectivity index (χ0) is 16.1. The molecule has 4 heteroatoms. The van der Waals surface area contributed by atoms with Gasteiger partial charge in [-0.05, 0) is 68.4 Å². The van der Waals surface area contributed by atoms with E-state index in [-0.39, 0.29) is 6.10 Å². The van der Waals surface area contributed by atoms with Crippen molar-refractivity contribution < 1.29 is 19.0 Å². The van der Waals surface area contributed by atoms with Gasteiger partial charge in [0.2, 0.25) is 0 Å². The molecule has 1 heterocycles. The van der Waals surface area contributed by atoms with Crippen LogP contribution in [-0.2, 0) is 15.9 Å². The van der Waals surface area contributed by atoms with Crippen molar-refractivity contribution in [2.45, 2.75) is 51.0 Å². The lowest BCUT2D eigenvalue weighted by atomic mass is 9.83. The first-order valence-electron chi connectivity index (χ1n) is 8.71. The van der Waals surface area contributed by atoms with Crippen LogP contribution in [0, 0.1) is 11.8 Å². The second kappa shape index (κ2) is 7.71. The van der Waals surface area contributed by atoms with Crippen molar-refractivity contribution in [3.63, 3.8) is 0 Å². The Kier molecular flexibility index (Phi) is 5.42. The smallest absolute Gasteiger partial charge is 0.493 e. The number of fused-ring (bicyclic) bond motifs is 1. The Morgan fingerprint density at radius 2 is 1.96 bits per heavy atom. The van der Waals surface area contributed by atoms with Crippen molar-refractivity contribution in [2.75, 3.05) is 13.7 Å². The van der Waals surface area contributed by atoms with E-state index in [1.165, 1.54) is 25.5 Å². The number of benzene rings is 1. The fourth-order valence-electron chi connectivity index (χ4n) is 3.91. The van der Waals surface area contributed by atoms with Crippen LogP contribution in [0.3, 0.4) is 0 Å². The molecule has 23 heavy (non-hydrogen) atoms. The van der Waals surface area contributed by atoms with Gasteiger partial charge in [0.15, 0.2) is 0 Å². The molecule has 4 nitrogen and oxygen atoms in total. The molecule has 0 saturated heterocycles. The number of ether oxygens (including phenoxy) is 3. The zero-order valence-corrected chi connectivity index (χ0v) is 13.8. The number of rotatable bonds is 2. The van der Waals surface area contributed by atoms with Crippen LogP contribution < -0.4 is 4.74 Å². The molecular weight excluding hydrogens is 292 g/mol. The maximum Gasteiger partial charge on any atom is 0.508 e. The van der Waals surface area contributed by atoms with Crippen LogP contribution in [0.2, 0.25) is 0 Å². The molecule has 0 amide bonds. The number of aryl methyl sites for hydroxylation is 1. The number of hydrogen-bond acceptors (Lipinski definition) is 4. The summed E-state index contributed by atoms with van der Waals surface area (Å²) in [6.07, 6.45) is 7.03. The average molecular weight is 318 g/mol. The van der Waals surface area contributed by atoms with Gasteiger partial charge in [-0.1, -0.05) is 18.2 Å². The van der Waals surface area contributed by atoms with E-state index in [1.54, 1.807) is 0 Å². The first-order valence-corrected chi connectivity index (χ1v) is 8.71. The third-order valence-electron chi connectivity index (χ3n) is 5.27. The lowest BCUT2D eigenvalue weighted by molar-refractivity contribution is 0.0306. The van der Waals surface area contributed by atoms with Gasteiger partial charge in [0.05, 0.1) is 13.7 Å². The average Bonchev–Trinajstić information content (AvgIpc) is 2.93. The maximum absolute atomic E-state index is 11.3. The highest BCUT2D eigenvalue weighted by Gasteiger charge is 2.29. The SMILES string of the molecule is COC(=O)OC1CCCC(C2CCc3ccccc3OC2)CC1. The molecule has 0 N–H and O–H groups in total. The van der Waals surface area contributed by atoms with Gasteiger partial charge in [0.25, 0.3) is 0 Å². The lowest BCUT2D eigenvalue weighted by Crippen LogP contribution is -2.21. The highest BCUT2D eigenvalue weighted by Crippen LogP contribution is 2.36. The van der Waals surface area contributed by atoms with Crippen LogP contribution in [0.25, 0.3) is 0 Å². The largest absolute Gasteiger partial charge is 0.508 e. The summed E-state index contributed by atoms with van der Waals surface area (Å²) < 4.78 is 16.0. The number of carbonyl (C=O) groups is 1. The summed E-state index contributed by atoms with van der Waals surface area (Å²) in [4.78, 5) is 11.3. The minimum absolute atomic E-state index is 0.0105. The summed E-state index contributed by atoms with van der Waals surface area (Å²) >= 11 is 0. The third-order valence-corrected chi connectivity index (χ3v) is 5.27. The molecule has 0 bridgehead atoms. The summed E-state index contributed by atoms with van der Waals surface area (Å²) in [6, 6.07) is 8.37. The van der Waals surface area contributed by atoms with E-state index in [4.69, 9.17) is 9.47 Å². The molecule has 0 aromatic heterocycles. The Balaban J connectivity index is 1.55. The van der Waals surface area contributed by atoms with E-state index in [0.717, 1.165) is 44.5 Å². The fraction of sp³-hybridized carbons (Fsp3) is 0.632. The van der Waals surface area contributed by atoms with E-state index in [1.807, 2.05) is 6.07 Å². The maximum atomic E-state index is 11.3. The van der Waals surface area contributed by atoms with Crippen molar-refractivity contribution in [1.82, 2.24) is 0 Å². The molecule has 1 aromatic rings. The molecule has 1 saturated carbocycles. The van der Waals surface area contributed by atoms with Gasteiger partial charge in [-0.2, -0.15) is 0 Å². The third kappa shape index (κ3) is 4.18. The number of para-hydroxylation sites is 1. The molecule has 0 spiro atoms. The monoisotopic (exact) mass is 318 g/mol. The molecule has 1 aromatic carbocycles. The highest BCUT2D eigenvalue weighted by atomic mass is 16.7. The molecule has 0 radical (unpaired) electrons. The second-order valence-corrected chi connectivity index (χ2v) is 6.68. The normalized spacial score (nSPS) is 27.8. The fourth-order valence-corrected chi connectivity index (χ4v) is 3.91. The van der Waals surface area contributed by atoms with Gasteiger partial charge in [-0.25, -0.2) is 4.79 Å². The molecule has 3 rings (SSSR count). The van der Waals surface area contributed by atoms with Crippen LogP contribution in [-0.4, -0.2) is 26.0 Å². The number of hydrogen-bond donors (Lipinski definition) is 0. The predicted octanol–water partition coefficient (Wildman–Crippen LogP) is 4.36. The summed E-state index contributed by atoms with van der Waals surface area (Å²) in [5.41, 5.74) is 1.33. The molecule has 126 valence electrons. The lowest BCUT2D eigenvalue weighted by Gasteiger charge is -2.24. The first-order chi connectivity index (χ1) is 11.3. The highest BCUT2D eigenvalue weighted by molar-refractivity contribution is 5.59. The summed E-state index contributed by atoms with van der Waals surface area (Å²) in [5, 5.41) is 0. The van der Waals surface area contributed by atoms with Crippen molar-refractivity contribution in [3.05, 3.63) is 29.8 Å². The van der Waals surface area contributed by atoms with Crippen LogP contribution in [0.15, 0.2) is 24.3 Å². The molecule has 1 aliphatic carbocycles. The Bertz CT molecular complexity index is 501. The summed E-state index contributed by atoms with van der Waals surface area (Å²) in [5.74, 6) is 2.31. The summed E-state index contributed by atoms with van der Waals surface area (Å²) in [7, 11) is 1.36. The van der Waals surface area contributed by atoms with Gasteiger partial charge in [0, 0.05) is 0 Å². The van der Waals surface area contributed by atoms with Crippen LogP contribution >= 0.6 is 0 Å². The van der Waals surface area contributed by atoms with Crippen LogP contribution in [0.1, 0.15) is 44.1 Å². The molecule has 3 unspecified atom stereocenters. The van der Waals surface area contributed by atoms with Gasteiger partial charge >= 0.3 is 6.16 Å². The first kappa shape index (κ1) is 16.2. The minimum atomic E-state index is -0.554. The quantitative estimate of drug-likeness (QED) is 0.600. The zero-order valence-electron chi connectivity index (χ0n) is 13.8. The molecule has 2 aliphatic rings. The van der Waals surface area contributed by atoms with E-state index in [9.17, 15) is 4.79 Å². The van der Waals surface area contributed by atoms with Gasteiger partial charge in [-0.3, -0.25) is 0 Å². The van der Waals surface area contributed by atoms with Crippen molar-refractivity contribution in [2.24, 2.45) is 11.8 Å². The van der Waals surface area contributed by atoms with Crippen molar-refractivity contribution in [1.29, 1.82) is 0 Å². The van der Waals surface area contributed by atoms with Crippen molar-refractivity contribution >= 4 is 6.16 Å². The van der Waals surface area contributed by atoms with E-state index in [0.29, 0.717) is 11.8 Å². The topological polar surface area (TPSA) is 44.8 Å². The predicted molar refractivity (Wildman–Crippen MR) is 87.6 cm³/mol. The second-order valence-electron chi connectivity index (χ2n) is 6.68. The van der Waals surface area contributed by atoms with Gasteiger partial charge < -0.3 is 14.2 Å². The van der Waals surface area contributed by atoms with Crippen LogP contribution in [0.5, 0.6) is 5.75 Å². The van der Waals surface area contributed by atoms with Crippen molar-refractivity contribution in [3.8, 4) is 5.75 Å². The van der Waals surface area contributed by atoms with Gasteiger partial charge in [0.1, 0.15) is 11.9 Å². The molecule has 3 atom stereocenters. The minimum Gasteiger partial charge on any atom is -0.493 e. The molecule has 1 fully saturated rings. The Labute approximate surface area is 138 Å². The van der Waals surface area contributed by atoms with Crippen LogP contribution in [0.4, 0.5) is 4.79 Å². The standard InChI is InChI=1S/C19H26O4/c1-21-19(20)23-17-7-4-6-14(11-12-17)16-10-9-15-5-2-3-8-18(15)22-13-16/h2-3,5,8,14,16-17H,4,6-7,9-13H2,1H3. The molecular formula is C19H26O4. The Morgan fingerprint density at radius 1 is 1.09 bits per heavy atom. The van der Waals surface area contributed by atoms with Gasteiger partial charge in [-0.15, -0.1) is 0 Å². The molecule has 1 aliphatic heterocycles. The number of methoxy groups -OCH3 is 1. The Morgan fingerprint density at radius 3 is 2.83 bits per heavy atom. The number of carbonyl (C=O) groups excluding carboxylic acids is 1. The van der Waals surface area contributed by atoms with E-state index in [2.05, 4.69) is 22.9 Å². The summed E-state index contributed by atoms with van der Waals surface area (Å²) in [6.45, 7) is 0.810. The Hall–Kier alpha value is -1.71.